The maximum atomic E-state index is 5.55. The van der Waals surface area contributed by atoms with E-state index < -0.39 is 0 Å². The Balaban J connectivity index is 2.24. The van der Waals surface area contributed by atoms with E-state index in [1.54, 1.807) is 6.07 Å². The van der Waals surface area contributed by atoms with Crippen LogP contribution in [0.1, 0.15) is 5.82 Å². The van der Waals surface area contributed by atoms with Crippen molar-refractivity contribution in [1.82, 2.24) is 19.3 Å². The van der Waals surface area contributed by atoms with Gasteiger partial charge in [0.2, 0.25) is 11.8 Å². The maximum Gasteiger partial charge on any atom is 0.224 e. The van der Waals surface area contributed by atoms with Crippen LogP contribution in [-0.2, 0) is 0 Å². The molecule has 8 heteroatoms. The standard InChI is InChI=1S/C8H9N5OS2/c1-4-10-8(16-13-4)15-6-3-5(14-2)11-7(9)12-6/h3H,1-2H3,(H2,9,11,12). The van der Waals surface area contributed by atoms with Crippen molar-refractivity contribution in [2.75, 3.05) is 12.8 Å². The minimum Gasteiger partial charge on any atom is -0.481 e. The van der Waals surface area contributed by atoms with Gasteiger partial charge in [0.15, 0.2) is 4.34 Å². The summed E-state index contributed by atoms with van der Waals surface area (Å²) in [7, 11) is 1.53. The van der Waals surface area contributed by atoms with Gasteiger partial charge in [0, 0.05) is 6.07 Å². The highest BCUT2D eigenvalue weighted by Crippen LogP contribution is 2.29. The first kappa shape index (κ1) is 11.1. The molecule has 0 bridgehead atoms. The van der Waals surface area contributed by atoms with Crippen LogP contribution in [0.3, 0.4) is 0 Å². The van der Waals surface area contributed by atoms with Crippen LogP contribution in [0, 0.1) is 6.92 Å². The van der Waals surface area contributed by atoms with Crippen molar-refractivity contribution >= 4 is 29.2 Å². The van der Waals surface area contributed by atoms with Crippen molar-refractivity contribution in [3.05, 3.63) is 11.9 Å². The van der Waals surface area contributed by atoms with Gasteiger partial charge < -0.3 is 10.5 Å². The van der Waals surface area contributed by atoms with Crippen LogP contribution in [0.15, 0.2) is 15.4 Å². The zero-order chi connectivity index (χ0) is 11.5. The molecule has 6 nitrogen and oxygen atoms in total. The molecular weight excluding hydrogens is 246 g/mol. The Kier molecular flexibility index (Phi) is 3.20. The number of rotatable bonds is 3. The van der Waals surface area contributed by atoms with Gasteiger partial charge in [0.1, 0.15) is 10.9 Å². The van der Waals surface area contributed by atoms with Crippen molar-refractivity contribution in [2.45, 2.75) is 16.3 Å². The Hall–Kier alpha value is -1.41. The molecule has 0 atom stereocenters. The molecule has 2 rings (SSSR count). The maximum absolute atomic E-state index is 5.55. The third-order valence-corrected chi connectivity index (χ3v) is 3.37. The van der Waals surface area contributed by atoms with E-state index in [1.165, 1.54) is 30.4 Å². The molecule has 0 aliphatic heterocycles. The second-order valence-corrected chi connectivity index (χ2v) is 4.84. The van der Waals surface area contributed by atoms with E-state index in [2.05, 4.69) is 19.3 Å². The molecule has 0 spiro atoms. The highest BCUT2D eigenvalue weighted by molar-refractivity contribution is 8.00. The van der Waals surface area contributed by atoms with E-state index in [9.17, 15) is 0 Å². The fourth-order valence-corrected chi connectivity index (χ4v) is 2.58. The fraction of sp³-hybridized carbons (Fsp3) is 0.250. The highest BCUT2D eigenvalue weighted by atomic mass is 32.2. The van der Waals surface area contributed by atoms with Crippen LogP contribution in [0.25, 0.3) is 0 Å². The van der Waals surface area contributed by atoms with Gasteiger partial charge in [0.05, 0.1) is 7.11 Å². The Morgan fingerprint density at radius 1 is 1.38 bits per heavy atom. The lowest BCUT2D eigenvalue weighted by atomic mass is 10.6. The molecule has 84 valence electrons. The number of nitrogens with zero attached hydrogens (tertiary/aromatic N) is 4. The summed E-state index contributed by atoms with van der Waals surface area (Å²) in [4.78, 5) is 12.2. The molecule has 2 aromatic rings. The smallest absolute Gasteiger partial charge is 0.224 e. The van der Waals surface area contributed by atoms with Crippen molar-refractivity contribution in [1.29, 1.82) is 0 Å². The molecule has 0 aliphatic carbocycles. The number of hydrogen-bond acceptors (Lipinski definition) is 8. The summed E-state index contributed by atoms with van der Waals surface area (Å²) in [6.45, 7) is 1.84. The van der Waals surface area contributed by atoms with Crippen LogP contribution in [-0.4, -0.2) is 26.4 Å². The van der Waals surface area contributed by atoms with Gasteiger partial charge in [-0.15, -0.1) is 0 Å². The van der Waals surface area contributed by atoms with Crippen LogP contribution < -0.4 is 10.5 Å². The van der Waals surface area contributed by atoms with Crippen LogP contribution >= 0.6 is 23.3 Å². The number of aryl methyl sites for hydroxylation is 1. The number of ether oxygens (including phenoxy) is 1. The largest absolute Gasteiger partial charge is 0.481 e. The highest BCUT2D eigenvalue weighted by Gasteiger charge is 2.07. The molecule has 2 aromatic heterocycles. The summed E-state index contributed by atoms with van der Waals surface area (Å²) in [6, 6.07) is 1.71. The van der Waals surface area contributed by atoms with E-state index in [1.807, 2.05) is 6.92 Å². The third kappa shape index (κ3) is 2.58. The first-order valence-corrected chi connectivity index (χ1v) is 5.93. The Labute approximate surface area is 100 Å². The van der Waals surface area contributed by atoms with E-state index in [0.717, 1.165) is 10.2 Å². The zero-order valence-electron chi connectivity index (χ0n) is 8.67. The predicted octanol–water partition coefficient (Wildman–Crippen LogP) is 1.38. The van der Waals surface area contributed by atoms with Gasteiger partial charge in [0.25, 0.3) is 0 Å². The fourth-order valence-electron chi connectivity index (χ4n) is 0.987. The lowest BCUT2D eigenvalue weighted by molar-refractivity contribution is 0.396. The second kappa shape index (κ2) is 4.62. The number of nitrogen functional groups attached to an aromatic ring is 1. The van der Waals surface area contributed by atoms with Crippen molar-refractivity contribution in [3.8, 4) is 5.88 Å². The normalized spacial score (nSPS) is 10.4. The minimum atomic E-state index is 0.183. The lowest BCUT2D eigenvalue weighted by Crippen LogP contribution is -1.98. The zero-order valence-corrected chi connectivity index (χ0v) is 10.3. The van der Waals surface area contributed by atoms with Crippen molar-refractivity contribution in [3.63, 3.8) is 0 Å². The van der Waals surface area contributed by atoms with Gasteiger partial charge in [-0.2, -0.15) is 9.36 Å². The SMILES string of the molecule is COc1cc(Sc2nc(C)ns2)nc(N)n1. The molecule has 16 heavy (non-hydrogen) atoms. The summed E-state index contributed by atoms with van der Waals surface area (Å²) < 4.78 is 9.90. The molecule has 0 saturated heterocycles. The van der Waals surface area contributed by atoms with Gasteiger partial charge in [-0.1, -0.05) is 0 Å². The van der Waals surface area contributed by atoms with Gasteiger partial charge in [-0.25, -0.2) is 9.97 Å². The molecular formula is C8H9N5OS2. The summed E-state index contributed by atoms with van der Waals surface area (Å²) in [5.41, 5.74) is 5.55. The van der Waals surface area contributed by atoms with Crippen LogP contribution in [0.2, 0.25) is 0 Å². The molecule has 0 unspecified atom stereocenters. The lowest BCUT2D eigenvalue weighted by Gasteiger charge is -2.02. The molecule has 0 saturated carbocycles. The third-order valence-electron chi connectivity index (χ3n) is 1.61. The first-order chi connectivity index (χ1) is 7.67. The molecule has 0 fully saturated rings. The predicted molar refractivity (Wildman–Crippen MR) is 61.8 cm³/mol. The quantitative estimate of drug-likeness (QED) is 0.829. The van der Waals surface area contributed by atoms with E-state index in [-0.39, 0.29) is 5.95 Å². The number of hydrogen-bond donors (Lipinski definition) is 1. The second-order valence-electron chi connectivity index (χ2n) is 2.82. The summed E-state index contributed by atoms with van der Waals surface area (Å²) in [5, 5.41) is 0.695. The number of anilines is 1. The Bertz CT molecular complexity index is 501. The van der Waals surface area contributed by atoms with E-state index in [0.29, 0.717) is 10.9 Å². The van der Waals surface area contributed by atoms with Gasteiger partial charge in [-0.05, 0) is 30.2 Å². The molecule has 0 amide bonds. The molecule has 0 aromatic carbocycles. The van der Waals surface area contributed by atoms with Gasteiger partial charge in [-0.3, -0.25) is 0 Å². The monoisotopic (exact) mass is 255 g/mol. The van der Waals surface area contributed by atoms with Crippen LogP contribution in [0.5, 0.6) is 5.88 Å². The number of nitrogens with two attached hydrogens (primary N) is 1. The number of aromatic nitrogens is 4. The van der Waals surface area contributed by atoms with Crippen LogP contribution in [0.4, 0.5) is 5.95 Å². The molecule has 2 heterocycles. The Morgan fingerprint density at radius 2 is 2.19 bits per heavy atom. The summed E-state index contributed by atoms with van der Waals surface area (Å²) in [6.07, 6.45) is 0. The first-order valence-electron chi connectivity index (χ1n) is 4.34. The number of methoxy groups -OCH3 is 1. The topological polar surface area (TPSA) is 86.8 Å². The minimum absolute atomic E-state index is 0.183. The van der Waals surface area contributed by atoms with E-state index >= 15 is 0 Å². The molecule has 2 N–H and O–H groups in total. The molecule has 0 aliphatic rings. The summed E-state index contributed by atoms with van der Waals surface area (Å²) >= 11 is 2.71. The average molecular weight is 255 g/mol. The van der Waals surface area contributed by atoms with Gasteiger partial charge >= 0.3 is 0 Å². The van der Waals surface area contributed by atoms with E-state index in [4.69, 9.17) is 10.5 Å². The van der Waals surface area contributed by atoms with Crippen molar-refractivity contribution in [2.24, 2.45) is 0 Å². The Morgan fingerprint density at radius 3 is 2.81 bits per heavy atom. The van der Waals surface area contributed by atoms with Crippen molar-refractivity contribution < 1.29 is 4.74 Å². The summed E-state index contributed by atoms with van der Waals surface area (Å²) in [5.74, 6) is 1.38. The molecule has 0 radical (unpaired) electrons. The average Bonchev–Trinajstić information content (AvgIpc) is 2.63.